The number of aryl methyl sites for hydroxylation is 1. The van der Waals surface area contributed by atoms with Gasteiger partial charge in [0.2, 0.25) is 5.91 Å². The summed E-state index contributed by atoms with van der Waals surface area (Å²) >= 11 is 6.31. The van der Waals surface area contributed by atoms with Gasteiger partial charge in [0, 0.05) is 43.3 Å². The van der Waals surface area contributed by atoms with Crippen molar-refractivity contribution in [3.8, 4) is 17.5 Å². The number of aromatic nitrogens is 6. The summed E-state index contributed by atoms with van der Waals surface area (Å²) < 4.78 is 5.13. The predicted molar refractivity (Wildman–Crippen MR) is 146 cm³/mol. The zero-order chi connectivity index (χ0) is 27.1. The van der Waals surface area contributed by atoms with E-state index in [9.17, 15) is 14.9 Å². The second-order valence-corrected chi connectivity index (χ2v) is 10.0. The fourth-order valence-electron chi connectivity index (χ4n) is 4.66. The molecule has 0 radical (unpaired) electrons. The number of nitriles is 1. The molecular formula is C27H25ClN8O2. The Bertz CT molecular complexity index is 1820. The quantitative estimate of drug-likeness (QED) is 0.350. The summed E-state index contributed by atoms with van der Waals surface area (Å²) in [4.78, 5) is 33.9. The number of halogens is 1. The van der Waals surface area contributed by atoms with Gasteiger partial charge >= 0.3 is 5.69 Å². The fourth-order valence-corrected chi connectivity index (χ4v) is 4.83. The molecule has 1 N–H and O–H groups in total. The van der Waals surface area contributed by atoms with Gasteiger partial charge < -0.3 is 9.88 Å². The molecule has 11 heteroatoms. The Morgan fingerprint density at radius 2 is 2.03 bits per heavy atom. The number of carbonyl (C=O) groups is 1. The van der Waals surface area contributed by atoms with Crippen LogP contribution in [0.1, 0.15) is 31.9 Å². The summed E-state index contributed by atoms with van der Waals surface area (Å²) in [5.74, 6) is -0.0941. The van der Waals surface area contributed by atoms with Gasteiger partial charge in [0.05, 0.1) is 34.4 Å². The summed E-state index contributed by atoms with van der Waals surface area (Å²) in [7, 11) is 1.83. The molecule has 0 aliphatic rings. The molecule has 192 valence electrons. The van der Waals surface area contributed by atoms with Crippen molar-refractivity contribution in [2.24, 2.45) is 13.0 Å². The molecule has 0 saturated heterocycles. The Morgan fingerprint density at radius 3 is 2.71 bits per heavy atom. The molecule has 0 bridgehead atoms. The third kappa shape index (κ3) is 4.53. The van der Waals surface area contributed by atoms with Crippen LogP contribution in [0, 0.1) is 17.2 Å². The van der Waals surface area contributed by atoms with Crippen molar-refractivity contribution < 1.29 is 4.79 Å². The number of fused-ring (bicyclic) bond motifs is 2. The van der Waals surface area contributed by atoms with Gasteiger partial charge in [-0.15, -0.1) is 0 Å². The van der Waals surface area contributed by atoms with E-state index in [1.165, 1.54) is 11.5 Å². The first-order valence-electron chi connectivity index (χ1n) is 12.0. The van der Waals surface area contributed by atoms with Crippen LogP contribution < -0.4 is 11.0 Å². The van der Waals surface area contributed by atoms with Crippen molar-refractivity contribution >= 4 is 45.3 Å². The smallest absolute Gasteiger partial charge is 0.348 e. The van der Waals surface area contributed by atoms with Crippen LogP contribution in [0.3, 0.4) is 0 Å². The number of rotatable bonds is 6. The summed E-state index contributed by atoms with van der Waals surface area (Å²) in [5.41, 5.74) is 3.36. The normalized spacial score (nSPS) is 11.4. The second-order valence-electron chi connectivity index (χ2n) is 9.60. The Kier molecular flexibility index (Phi) is 6.46. The van der Waals surface area contributed by atoms with Crippen LogP contribution in [-0.4, -0.2) is 34.8 Å². The number of benzene rings is 1. The van der Waals surface area contributed by atoms with E-state index in [-0.39, 0.29) is 17.6 Å². The van der Waals surface area contributed by atoms with Crippen molar-refractivity contribution in [3.63, 3.8) is 0 Å². The number of hydrogen-bond donors (Lipinski definition) is 1. The maximum absolute atomic E-state index is 13.1. The highest BCUT2D eigenvalue weighted by molar-refractivity contribution is 6.31. The molecule has 38 heavy (non-hydrogen) atoms. The maximum Gasteiger partial charge on any atom is 0.351 e. The van der Waals surface area contributed by atoms with Gasteiger partial charge in [0.1, 0.15) is 6.07 Å². The first-order chi connectivity index (χ1) is 18.2. The Balaban J connectivity index is 1.87. The van der Waals surface area contributed by atoms with Crippen molar-refractivity contribution in [1.82, 2.24) is 28.9 Å². The minimum absolute atomic E-state index is 0.126. The lowest BCUT2D eigenvalue weighted by atomic mass is 10.1. The van der Waals surface area contributed by atoms with Gasteiger partial charge in [-0.1, -0.05) is 25.4 Å². The van der Waals surface area contributed by atoms with Crippen LogP contribution in [0.5, 0.6) is 0 Å². The maximum atomic E-state index is 13.1. The Labute approximate surface area is 223 Å². The molecule has 5 aromatic rings. The molecule has 1 aromatic carbocycles. The van der Waals surface area contributed by atoms with Gasteiger partial charge in [-0.25, -0.2) is 4.79 Å². The molecule has 0 spiro atoms. The zero-order valence-electron chi connectivity index (χ0n) is 21.4. The molecule has 0 aliphatic heterocycles. The Hall–Kier alpha value is -4.49. The third-order valence-corrected chi connectivity index (χ3v) is 6.43. The SMILES string of the molecule is CC(=O)Nc1nc(=O)n(CC(C)C)c2nn(Cc3ccnc4ccc(Cl)cc34)c(-c3cc(C#N)cn3C)c12. The van der Waals surface area contributed by atoms with Crippen molar-refractivity contribution in [1.29, 1.82) is 5.26 Å². The van der Waals surface area contributed by atoms with E-state index < -0.39 is 5.69 Å². The minimum atomic E-state index is -0.503. The van der Waals surface area contributed by atoms with E-state index >= 15 is 0 Å². The number of pyridine rings is 1. The van der Waals surface area contributed by atoms with Gasteiger partial charge in [-0.05, 0) is 41.8 Å². The fraction of sp³-hybridized carbons (Fsp3) is 0.259. The number of hydrogen-bond acceptors (Lipinski definition) is 6. The van der Waals surface area contributed by atoms with Crippen molar-refractivity contribution in [3.05, 3.63) is 69.4 Å². The molecular weight excluding hydrogens is 504 g/mol. The van der Waals surface area contributed by atoms with E-state index in [0.717, 1.165) is 16.5 Å². The lowest BCUT2D eigenvalue weighted by molar-refractivity contribution is -0.114. The van der Waals surface area contributed by atoms with Crippen LogP contribution in [0.15, 0.2) is 47.5 Å². The number of amides is 1. The highest BCUT2D eigenvalue weighted by Gasteiger charge is 2.25. The van der Waals surface area contributed by atoms with Crippen molar-refractivity contribution in [2.45, 2.75) is 33.9 Å². The molecule has 0 unspecified atom stereocenters. The predicted octanol–water partition coefficient (Wildman–Crippen LogP) is 4.33. The molecule has 4 aromatic heterocycles. The molecule has 1 amide bonds. The molecule has 0 atom stereocenters. The summed E-state index contributed by atoms with van der Waals surface area (Å²) in [6.45, 7) is 6.07. The van der Waals surface area contributed by atoms with Crippen LogP contribution in [0.2, 0.25) is 5.02 Å². The molecule has 4 heterocycles. The average molecular weight is 529 g/mol. The zero-order valence-corrected chi connectivity index (χ0v) is 22.1. The van der Waals surface area contributed by atoms with Crippen LogP contribution in [-0.2, 0) is 24.9 Å². The lowest BCUT2D eigenvalue weighted by Crippen LogP contribution is -2.27. The standard InChI is InChI=1S/C27H25ClN8O2/c1-15(2)12-35-26-23(25(31-16(3)37)32-27(35)38)24(22-9-17(11-29)13-34(22)4)36(33-26)14-18-7-8-30-21-6-5-19(28)10-20(18)21/h5-10,13,15H,12,14H2,1-4H3,(H,31,32,37,38). The number of carbonyl (C=O) groups excluding carboxylic acids is 1. The summed E-state index contributed by atoms with van der Waals surface area (Å²) in [6.07, 6.45) is 3.44. The van der Waals surface area contributed by atoms with Gasteiger partial charge in [-0.3, -0.25) is 19.0 Å². The van der Waals surface area contributed by atoms with E-state index in [2.05, 4.69) is 21.4 Å². The molecule has 5 rings (SSSR count). The highest BCUT2D eigenvalue weighted by Crippen LogP contribution is 2.35. The van der Waals surface area contributed by atoms with Crippen molar-refractivity contribution in [2.75, 3.05) is 5.32 Å². The van der Waals surface area contributed by atoms with E-state index in [1.54, 1.807) is 29.2 Å². The third-order valence-electron chi connectivity index (χ3n) is 6.20. The highest BCUT2D eigenvalue weighted by atomic mass is 35.5. The summed E-state index contributed by atoms with van der Waals surface area (Å²) in [6, 6.07) is 11.3. The van der Waals surface area contributed by atoms with Gasteiger partial charge in [-0.2, -0.15) is 15.3 Å². The second kappa shape index (κ2) is 9.76. The summed E-state index contributed by atoms with van der Waals surface area (Å²) in [5, 5.41) is 19.2. The topological polar surface area (TPSA) is 123 Å². The first-order valence-corrected chi connectivity index (χ1v) is 12.4. The van der Waals surface area contributed by atoms with Crippen LogP contribution >= 0.6 is 11.6 Å². The Morgan fingerprint density at radius 1 is 1.24 bits per heavy atom. The molecule has 0 aliphatic carbocycles. The van der Waals surface area contributed by atoms with E-state index in [1.807, 2.05) is 43.7 Å². The number of anilines is 1. The van der Waals surface area contributed by atoms with E-state index in [0.29, 0.717) is 46.1 Å². The van der Waals surface area contributed by atoms with Gasteiger partial charge in [0.25, 0.3) is 0 Å². The van der Waals surface area contributed by atoms with Gasteiger partial charge in [0.15, 0.2) is 11.5 Å². The molecule has 10 nitrogen and oxygen atoms in total. The monoisotopic (exact) mass is 528 g/mol. The molecule has 0 fully saturated rings. The first kappa shape index (κ1) is 25.2. The van der Waals surface area contributed by atoms with E-state index in [4.69, 9.17) is 16.7 Å². The lowest BCUT2D eigenvalue weighted by Gasteiger charge is -2.13. The minimum Gasteiger partial charge on any atom is -0.348 e. The number of nitrogens with one attached hydrogen (secondary N) is 1. The molecule has 0 saturated carbocycles. The van der Waals surface area contributed by atoms with Crippen LogP contribution in [0.25, 0.3) is 33.3 Å². The number of nitrogens with zero attached hydrogens (tertiary/aromatic N) is 7. The largest absolute Gasteiger partial charge is 0.351 e. The average Bonchev–Trinajstić information content (AvgIpc) is 3.41. The van der Waals surface area contributed by atoms with Crippen LogP contribution in [0.4, 0.5) is 5.82 Å².